The summed E-state index contributed by atoms with van der Waals surface area (Å²) < 4.78 is 40.3. The summed E-state index contributed by atoms with van der Waals surface area (Å²) in [6.07, 6.45) is -0.359. The lowest BCUT2D eigenvalue weighted by Crippen LogP contribution is -1.82. The number of hydrogen-bond donors (Lipinski definition) is 0. The summed E-state index contributed by atoms with van der Waals surface area (Å²) in [7, 11) is -1.63. The van der Waals surface area contributed by atoms with Crippen LogP contribution in [0.2, 0.25) is 0 Å². The summed E-state index contributed by atoms with van der Waals surface area (Å²) in [4.78, 5) is 3.57. The van der Waals surface area contributed by atoms with Gasteiger partial charge in [-0.3, -0.25) is 0 Å². The Kier molecular flexibility index (Phi) is 0.810. The van der Waals surface area contributed by atoms with E-state index in [1.54, 1.807) is 0 Å². The summed E-state index contributed by atoms with van der Waals surface area (Å²) in [5, 5.41) is 0. The molecule has 48 valence electrons. The van der Waals surface area contributed by atoms with Gasteiger partial charge in [-0.1, -0.05) is 0 Å². The molecule has 0 unspecified atom stereocenters. The van der Waals surface area contributed by atoms with Crippen molar-refractivity contribution in [3.63, 3.8) is 0 Å². The fraction of sp³-hybridized carbons (Fsp3) is 0.167. The minimum Gasteiger partial charge on any atom is -0.495 e. The molecule has 0 aliphatic carbocycles. The van der Waals surface area contributed by atoms with Crippen molar-refractivity contribution in [2.24, 2.45) is 0 Å². The van der Waals surface area contributed by atoms with Gasteiger partial charge in [-0.15, -0.1) is 0 Å². The number of nitrogens with zero attached hydrogens (tertiary/aromatic N) is 1. The third-order valence-electron chi connectivity index (χ3n) is 0.653. The summed E-state index contributed by atoms with van der Waals surface area (Å²) in [6.45, 7) is 0. The first-order valence-corrected chi connectivity index (χ1v) is 2.87. The first-order valence-electron chi connectivity index (χ1n) is 4.73. The molecule has 1 aromatic rings. The Hall–Kier alpha value is -0.570. The molecule has 3 heteroatoms. The molecule has 0 aromatic carbocycles. The van der Waals surface area contributed by atoms with Gasteiger partial charge in [-0.05, 0) is 28.0 Å². The van der Waals surface area contributed by atoms with Crippen molar-refractivity contribution < 1.29 is 11.6 Å². The zero-order valence-electron chi connectivity index (χ0n) is 9.31. The first kappa shape index (κ1) is 2.58. The number of aromatic nitrogens is 1. The molecule has 0 bridgehead atoms. The van der Waals surface area contributed by atoms with Crippen LogP contribution >= 0.6 is 15.9 Å². The van der Waals surface area contributed by atoms with Gasteiger partial charge in [0, 0.05) is 0 Å². The Labute approximate surface area is 69.0 Å². The van der Waals surface area contributed by atoms with Crippen molar-refractivity contribution in [2.45, 2.75) is 0 Å². The van der Waals surface area contributed by atoms with E-state index in [2.05, 4.69) is 25.7 Å². The van der Waals surface area contributed by atoms with Crippen LogP contribution in [-0.4, -0.2) is 12.0 Å². The van der Waals surface area contributed by atoms with Gasteiger partial charge >= 0.3 is 0 Å². The van der Waals surface area contributed by atoms with Crippen LogP contribution in [0.4, 0.5) is 0 Å². The van der Waals surface area contributed by atoms with Crippen molar-refractivity contribution >= 4 is 15.9 Å². The summed E-state index contributed by atoms with van der Waals surface area (Å²) in [5.74, 6) is -0.312. The van der Waals surface area contributed by atoms with Crippen LogP contribution in [-0.2, 0) is 0 Å². The largest absolute Gasteiger partial charge is 0.495 e. The maximum atomic E-state index is 7.40. The van der Waals surface area contributed by atoms with Crippen LogP contribution in [0.5, 0.6) is 5.75 Å². The first-order chi connectivity index (χ1) is 6.43. The topological polar surface area (TPSA) is 22.1 Å². The van der Waals surface area contributed by atoms with Crippen LogP contribution in [0.3, 0.4) is 0 Å². The van der Waals surface area contributed by atoms with Gasteiger partial charge in [0.25, 0.3) is 0 Å². The molecule has 9 heavy (non-hydrogen) atoms. The fourth-order valence-corrected chi connectivity index (χ4v) is 0.508. The van der Waals surface area contributed by atoms with E-state index in [1.807, 2.05) is 0 Å². The lowest BCUT2D eigenvalue weighted by Gasteiger charge is -1.95. The van der Waals surface area contributed by atoms with Crippen molar-refractivity contribution in [3.05, 3.63) is 22.9 Å². The van der Waals surface area contributed by atoms with Gasteiger partial charge in [-0.25, -0.2) is 4.98 Å². The average Bonchev–Trinajstić information content (AvgIpc) is 2.09. The highest BCUT2D eigenvalue weighted by atomic mass is 79.9. The summed E-state index contributed by atoms with van der Waals surface area (Å²) in [6, 6.07) is -0.571. The van der Waals surface area contributed by atoms with E-state index in [0.29, 0.717) is 0 Å². The van der Waals surface area contributed by atoms with Gasteiger partial charge in [-0.2, -0.15) is 0 Å². The summed E-state index contributed by atoms with van der Waals surface area (Å²) >= 11 is 2.91. The van der Waals surface area contributed by atoms with Gasteiger partial charge < -0.3 is 4.74 Å². The molecule has 0 atom stereocenters. The zero-order valence-corrected chi connectivity index (χ0v) is 5.90. The highest BCUT2D eigenvalue weighted by Crippen LogP contribution is 2.11. The van der Waals surface area contributed by atoms with E-state index in [-0.39, 0.29) is 28.6 Å². The van der Waals surface area contributed by atoms with E-state index >= 15 is 0 Å². The molecule has 0 saturated carbocycles. The Morgan fingerprint density at radius 1 is 1.89 bits per heavy atom. The molecule has 0 spiro atoms. The molecule has 0 aliphatic rings. The third kappa shape index (κ3) is 1.68. The molecule has 0 N–H and O–H groups in total. The molecular formula is C6H6BrNO. The highest BCUT2D eigenvalue weighted by Gasteiger charge is 1.88. The molecule has 0 radical (unpaired) electrons. The number of pyridine rings is 1. The van der Waals surface area contributed by atoms with Crippen LogP contribution in [0.15, 0.2) is 22.9 Å². The predicted octanol–water partition coefficient (Wildman–Crippen LogP) is 1.85. The third-order valence-corrected chi connectivity index (χ3v) is 1.03. The quantitative estimate of drug-likeness (QED) is 0.635. The smallest absolute Gasteiger partial charge is 0.137 e. The summed E-state index contributed by atoms with van der Waals surface area (Å²) in [5.41, 5.74) is 0. The molecule has 1 rings (SSSR count). The van der Waals surface area contributed by atoms with E-state index in [4.69, 9.17) is 6.85 Å². The molecule has 1 heterocycles. The van der Waals surface area contributed by atoms with Crippen LogP contribution in [0.1, 0.15) is 6.85 Å². The van der Waals surface area contributed by atoms with E-state index < -0.39 is 7.06 Å². The Morgan fingerprint density at radius 3 is 3.56 bits per heavy atom. The Bertz CT molecular complexity index is 359. The molecule has 1 aromatic heterocycles. The van der Waals surface area contributed by atoms with Crippen LogP contribution in [0, 0.1) is 0 Å². The molecule has 0 saturated heterocycles. The highest BCUT2D eigenvalue weighted by molar-refractivity contribution is 9.10. The standard InChI is InChI=1S/C6H6BrNO/c1-9-5-2-3-6(7)8-4-5/h2-4H,1H3/i1D2,2D,3D,4D. The molecule has 0 aliphatic heterocycles. The molecule has 0 fully saturated rings. The van der Waals surface area contributed by atoms with E-state index in [9.17, 15) is 0 Å². The van der Waals surface area contributed by atoms with E-state index in [1.165, 1.54) is 0 Å². The second kappa shape index (κ2) is 2.82. The number of halogens is 1. The number of rotatable bonds is 1. The van der Waals surface area contributed by atoms with Gasteiger partial charge in [0.05, 0.1) is 20.1 Å². The molecular weight excluding hydrogens is 182 g/mol. The van der Waals surface area contributed by atoms with Crippen molar-refractivity contribution in [2.75, 3.05) is 7.06 Å². The monoisotopic (exact) mass is 192 g/mol. The van der Waals surface area contributed by atoms with Crippen molar-refractivity contribution in [1.82, 2.24) is 4.98 Å². The van der Waals surface area contributed by atoms with Gasteiger partial charge in [0.1, 0.15) is 10.4 Å². The maximum Gasteiger partial charge on any atom is 0.137 e. The Balaban J connectivity index is 3.22. The van der Waals surface area contributed by atoms with Crippen LogP contribution in [0.25, 0.3) is 0 Å². The van der Waals surface area contributed by atoms with E-state index in [0.717, 1.165) is 0 Å². The van der Waals surface area contributed by atoms with Gasteiger partial charge in [0.2, 0.25) is 0 Å². The lowest BCUT2D eigenvalue weighted by atomic mass is 10.5. The normalized spacial score (nSPS) is 17.3. The minimum absolute atomic E-state index is 0.0753. The second-order valence-electron chi connectivity index (χ2n) is 1.21. The number of hydrogen-bond acceptors (Lipinski definition) is 2. The second-order valence-corrected chi connectivity index (χ2v) is 1.96. The SMILES string of the molecule is [2H]c1nc(Br)c([2H])c([2H])c1OC([2H])[2H]. The Morgan fingerprint density at radius 2 is 2.78 bits per heavy atom. The van der Waals surface area contributed by atoms with Crippen LogP contribution < -0.4 is 4.74 Å². The molecule has 0 amide bonds. The van der Waals surface area contributed by atoms with Gasteiger partial charge in [0.15, 0.2) is 0 Å². The maximum absolute atomic E-state index is 7.40. The predicted molar refractivity (Wildman–Crippen MR) is 38.5 cm³/mol. The molecule has 2 nitrogen and oxygen atoms in total. The lowest BCUT2D eigenvalue weighted by molar-refractivity contribution is 0.412. The number of ether oxygens (including phenoxy) is 1. The minimum atomic E-state index is -1.63. The van der Waals surface area contributed by atoms with Crippen molar-refractivity contribution in [3.8, 4) is 5.75 Å². The number of methoxy groups -OCH3 is 1. The average molecular weight is 193 g/mol. The van der Waals surface area contributed by atoms with Crippen molar-refractivity contribution in [1.29, 1.82) is 0 Å². The fourth-order valence-electron chi connectivity index (χ4n) is 0.320. The zero-order chi connectivity index (χ0) is 10.9.